The molecule has 0 bridgehead atoms. The summed E-state index contributed by atoms with van der Waals surface area (Å²) in [7, 11) is 2.02. The zero-order valence-electron chi connectivity index (χ0n) is 10.7. The molecule has 7 heteroatoms. The van der Waals surface area contributed by atoms with Crippen LogP contribution >= 0.6 is 27.3 Å². The third kappa shape index (κ3) is 3.17. The zero-order valence-corrected chi connectivity index (χ0v) is 13.1. The Hall–Kier alpha value is -1.44. The van der Waals surface area contributed by atoms with E-state index in [1.54, 1.807) is 29.7 Å². The zero-order chi connectivity index (χ0) is 13.9. The molecule has 0 aliphatic carbocycles. The van der Waals surface area contributed by atoms with Crippen molar-refractivity contribution in [2.75, 3.05) is 7.05 Å². The van der Waals surface area contributed by atoms with E-state index >= 15 is 0 Å². The maximum atomic E-state index is 5.58. The first kappa shape index (κ1) is 13.5. The van der Waals surface area contributed by atoms with E-state index in [1.807, 2.05) is 7.05 Å². The normalized spacial score (nSPS) is 11.3. The van der Waals surface area contributed by atoms with Gasteiger partial charge in [0.15, 0.2) is 5.76 Å². The fourth-order valence-electron chi connectivity index (χ4n) is 1.81. The van der Waals surface area contributed by atoms with Crippen molar-refractivity contribution in [2.45, 2.75) is 13.1 Å². The smallest absolute Gasteiger partial charge is 0.283 e. The minimum Gasteiger partial charge on any atom is -0.459 e. The van der Waals surface area contributed by atoms with Gasteiger partial charge in [0.05, 0.1) is 16.6 Å². The van der Waals surface area contributed by atoms with Crippen molar-refractivity contribution < 1.29 is 8.83 Å². The Morgan fingerprint density at radius 2 is 2.15 bits per heavy atom. The second-order valence-corrected chi connectivity index (χ2v) is 6.90. The lowest BCUT2D eigenvalue weighted by Crippen LogP contribution is -2.16. The van der Waals surface area contributed by atoms with Crippen LogP contribution in [-0.4, -0.2) is 22.1 Å². The summed E-state index contributed by atoms with van der Waals surface area (Å²) in [5.74, 6) is 1.58. The summed E-state index contributed by atoms with van der Waals surface area (Å²) < 4.78 is 11.9. The van der Waals surface area contributed by atoms with E-state index in [9.17, 15) is 0 Å². The molecule has 0 amide bonds. The largest absolute Gasteiger partial charge is 0.459 e. The third-order valence-electron chi connectivity index (χ3n) is 2.66. The van der Waals surface area contributed by atoms with Crippen molar-refractivity contribution in [3.63, 3.8) is 0 Å². The lowest BCUT2D eigenvalue weighted by molar-refractivity contribution is 0.284. The van der Waals surface area contributed by atoms with Crippen LogP contribution in [0, 0.1) is 0 Å². The molecule has 0 aliphatic heterocycles. The monoisotopic (exact) mass is 353 g/mol. The molecule has 5 nitrogen and oxygen atoms in total. The van der Waals surface area contributed by atoms with Crippen LogP contribution in [0.3, 0.4) is 0 Å². The van der Waals surface area contributed by atoms with Crippen LogP contribution in [0.2, 0.25) is 0 Å². The van der Waals surface area contributed by atoms with Crippen LogP contribution in [0.4, 0.5) is 0 Å². The summed E-state index contributed by atoms with van der Waals surface area (Å²) >= 11 is 5.19. The Kier molecular flexibility index (Phi) is 4.00. The Balaban J connectivity index is 1.63. The molecule has 0 atom stereocenters. The minimum atomic E-state index is 0.414. The molecule has 3 aromatic heterocycles. The number of nitrogens with zero attached hydrogens (tertiary/aromatic N) is 3. The van der Waals surface area contributed by atoms with Crippen molar-refractivity contribution in [3.8, 4) is 11.7 Å². The van der Waals surface area contributed by atoms with Crippen LogP contribution in [0.1, 0.15) is 10.8 Å². The summed E-state index contributed by atoms with van der Waals surface area (Å²) in [6.07, 6.45) is 1.58. The van der Waals surface area contributed by atoms with E-state index in [1.165, 1.54) is 4.88 Å². The van der Waals surface area contributed by atoms with E-state index in [0.29, 0.717) is 24.1 Å². The summed E-state index contributed by atoms with van der Waals surface area (Å²) in [5.41, 5.74) is 0. The molecule has 0 saturated carbocycles. The Morgan fingerprint density at radius 1 is 1.25 bits per heavy atom. The van der Waals surface area contributed by atoms with Crippen molar-refractivity contribution >= 4 is 27.3 Å². The fourth-order valence-corrected chi connectivity index (χ4v) is 3.37. The number of thiophene rings is 1. The van der Waals surface area contributed by atoms with Crippen LogP contribution < -0.4 is 0 Å². The molecule has 3 aromatic rings. The molecule has 0 spiro atoms. The van der Waals surface area contributed by atoms with Crippen LogP contribution in [0.15, 0.2) is 43.1 Å². The number of aromatic nitrogens is 2. The van der Waals surface area contributed by atoms with Gasteiger partial charge in [-0.25, -0.2) is 0 Å². The van der Waals surface area contributed by atoms with Crippen LogP contribution in [-0.2, 0) is 13.1 Å². The van der Waals surface area contributed by atoms with E-state index in [2.05, 4.69) is 43.2 Å². The minimum absolute atomic E-state index is 0.414. The average molecular weight is 354 g/mol. The molecule has 0 unspecified atom stereocenters. The Bertz CT molecular complexity index is 677. The lowest BCUT2D eigenvalue weighted by atomic mass is 10.4. The molecule has 0 aromatic carbocycles. The molecule has 3 rings (SSSR count). The van der Waals surface area contributed by atoms with Gasteiger partial charge in [-0.1, -0.05) is 0 Å². The summed E-state index contributed by atoms with van der Waals surface area (Å²) in [6.45, 7) is 1.44. The molecule has 0 aliphatic rings. The van der Waals surface area contributed by atoms with E-state index < -0.39 is 0 Å². The number of hydrogen-bond donors (Lipinski definition) is 0. The quantitative estimate of drug-likeness (QED) is 0.698. The van der Waals surface area contributed by atoms with Gasteiger partial charge in [-0.15, -0.1) is 21.5 Å². The Morgan fingerprint density at radius 3 is 2.85 bits per heavy atom. The van der Waals surface area contributed by atoms with Gasteiger partial charge < -0.3 is 8.83 Å². The first-order valence-corrected chi connectivity index (χ1v) is 7.60. The highest BCUT2D eigenvalue weighted by Crippen LogP contribution is 2.23. The predicted molar refractivity (Wildman–Crippen MR) is 79.2 cm³/mol. The summed E-state index contributed by atoms with van der Waals surface area (Å²) in [6, 6.07) is 7.74. The van der Waals surface area contributed by atoms with E-state index in [-0.39, 0.29) is 0 Å². The maximum Gasteiger partial charge on any atom is 0.283 e. The molecule has 0 N–H and O–H groups in total. The number of hydrogen-bond acceptors (Lipinski definition) is 6. The standard InChI is InChI=1S/C13H12BrN3O2S/c1-17(7-9-4-5-11(14)20-9)8-12-15-16-13(19-12)10-3-2-6-18-10/h2-6H,7-8H2,1H3. The van der Waals surface area contributed by atoms with Gasteiger partial charge in [0.25, 0.3) is 5.89 Å². The molecule has 104 valence electrons. The van der Waals surface area contributed by atoms with Gasteiger partial charge in [-0.2, -0.15) is 0 Å². The van der Waals surface area contributed by atoms with Gasteiger partial charge in [0, 0.05) is 11.4 Å². The highest BCUT2D eigenvalue weighted by Gasteiger charge is 2.13. The van der Waals surface area contributed by atoms with Crippen LogP contribution in [0.5, 0.6) is 0 Å². The second kappa shape index (κ2) is 5.90. The van der Waals surface area contributed by atoms with Crippen molar-refractivity contribution in [1.29, 1.82) is 0 Å². The Labute approximate surface area is 128 Å². The van der Waals surface area contributed by atoms with Crippen LogP contribution in [0.25, 0.3) is 11.7 Å². The summed E-state index contributed by atoms with van der Waals surface area (Å²) in [5, 5.41) is 8.02. The van der Waals surface area contributed by atoms with Gasteiger partial charge in [-0.3, -0.25) is 4.90 Å². The van der Waals surface area contributed by atoms with Gasteiger partial charge in [-0.05, 0) is 47.2 Å². The number of rotatable bonds is 5. The van der Waals surface area contributed by atoms with Crippen molar-refractivity contribution in [1.82, 2.24) is 15.1 Å². The fraction of sp³-hybridized carbons (Fsp3) is 0.231. The SMILES string of the molecule is CN(Cc1nnc(-c2ccco2)o1)Cc1ccc(Br)s1. The molecular weight excluding hydrogens is 342 g/mol. The molecule has 0 saturated heterocycles. The summed E-state index contributed by atoms with van der Waals surface area (Å²) in [4.78, 5) is 3.41. The molecule has 0 fully saturated rings. The van der Waals surface area contributed by atoms with Gasteiger partial charge in [0.1, 0.15) is 0 Å². The van der Waals surface area contributed by atoms with E-state index in [4.69, 9.17) is 8.83 Å². The number of furan rings is 1. The first-order valence-electron chi connectivity index (χ1n) is 6.00. The molecule has 3 heterocycles. The average Bonchev–Trinajstić information content (AvgIpc) is 3.10. The molecular formula is C13H12BrN3O2S. The van der Waals surface area contributed by atoms with E-state index in [0.717, 1.165) is 10.3 Å². The highest BCUT2D eigenvalue weighted by molar-refractivity contribution is 9.11. The third-order valence-corrected chi connectivity index (χ3v) is 4.27. The topological polar surface area (TPSA) is 55.3 Å². The maximum absolute atomic E-state index is 5.58. The highest BCUT2D eigenvalue weighted by atomic mass is 79.9. The van der Waals surface area contributed by atoms with Gasteiger partial charge >= 0.3 is 0 Å². The van der Waals surface area contributed by atoms with Gasteiger partial charge in [0.2, 0.25) is 5.89 Å². The lowest BCUT2D eigenvalue weighted by Gasteiger charge is -2.12. The van der Waals surface area contributed by atoms with Crippen molar-refractivity contribution in [3.05, 3.63) is 45.1 Å². The number of halogens is 1. The first-order chi connectivity index (χ1) is 9.70. The molecule has 0 radical (unpaired) electrons. The molecule has 20 heavy (non-hydrogen) atoms. The predicted octanol–water partition coefficient (Wildman–Crippen LogP) is 3.79. The van der Waals surface area contributed by atoms with Crippen molar-refractivity contribution in [2.24, 2.45) is 0 Å². The second-order valence-electron chi connectivity index (χ2n) is 4.36.